The predicted molar refractivity (Wildman–Crippen MR) is 96.0 cm³/mol. The smallest absolute Gasteiger partial charge is 0.240 e. The third kappa shape index (κ3) is 4.33. The number of fused-ring (bicyclic) bond motifs is 1. The third-order valence-corrected chi connectivity index (χ3v) is 6.37. The molecule has 1 aromatic heterocycles. The lowest BCUT2D eigenvalue weighted by atomic mass is 10.3. The normalized spacial score (nSPS) is 15.6. The molecule has 1 aliphatic rings. The van der Waals surface area contributed by atoms with E-state index >= 15 is 0 Å². The van der Waals surface area contributed by atoms with Crippen molar-refractivity contribution in [2.45, 2.75) is 24.3 Å². The van der Waals surface area contributed by atoms with Gasteiger partial charge >= 0.3 is 0 Å². The van der Waals surface area contributed by atoms with E-state index in [0.717, 1.165) is 16.2 Å². The van der Waals surface area contributed by atoms with Crippen LogP contribution in [0.1, 0.15) is 22.3 Å². The first-order chi connectivity index (χ1) is 12.0. The average molecular weight is 383 g/mol. The Kier molecular flexibility index (Phi) is 5.63. The maximum absolute atomic E-state index is 12.6. The molecule has 1 atom stereocenters. The quantitative estimate of drug-likeness (QED) is 0.830. The van der Waals surface area contributed by atoms with Crippen molar-refractivity contribution in [2.75, 3.05) is 26.9 Å². The first-order valence-electron chi connectivity index (χ1n) is 7.98. The van der Waals surface area contributed by atoms with Gasteiger partial charge in [0.25, 0.3) is 0 Å². The van der Waals surface area contributed by atoms with E-state index in [1.165, 1.54) is 12.1 Å². The van der Waals surface area contributed by atoms with Gasteiger partial charge in [0.1, 0.15) is 6.10 Å². The molecule has 1 aliphatic heterocycles. The Hall–Kier alpha value is -1.61. The lowest BCUT2D eigenvalue weighted by Gasteiger charge is -2.15. The van der Waals surface area contributed by atoms with Gasteiger partial charge in [-0.05, 0) is 31.2 Å². The molecule has 0 radical (unpaired) electrons. The van der Waals surface area contributed by atoms with E-state index < -0.39 is 10.0 Å². The van der Waals surface area contributed by atoms with Crippen molar-refractivity contribution in [1.82, 2.24) is 4.72 Å². The van der Waals surface area contributed by atoms with E-state index in [1.54, 1.807) is 24.5 Å². The Morgan fingerprint density at radius 1 is 1.20 bits per heavy atom. The van der Waals surface area contributed by atoms with Gasteiger partial charge in [-0.25, -0.2) is 13.1 Å². The first kappa shape index (κ1) is 18.2. The number of thiophene rings is 1. The lowest BCUT2D eigenvalue weighted by Crippen LogP contribution is -2.29. The molecule has 3 rings (SSSR count). The summed E-state index contributed by atoms with van der Waals surface area (Å²) in [5.41, 5.74) is 0. The minimum absolute atomic E-state index is 0.147. The van der Waals surface area contributed by atoms with E-state index in [2.05, 4.69) is 4.72 Å². The number of rotatable bonds is 6. The van der Waals surface area contributed by atoms with Crippen molar-refractivity contribution in [1.29, 1.82) is 0 Å². The Labute approximate surface area is 151 Å². The number of hydrogen-bond acceptors (Lipinski definition) is 6. The van der Waals surface area contributed by atoms with Gasteiger partial charge in [-0.1, -0.05) is 0 Å². The number of hydrogen-bond donors (Lipinski definition) is 1. The molecule has 8 heteroatoms. The molecule has 25 heavy (non-hydrogen) atoms. The summed E-state index contributed by atoms with van der Waals surface area (Å²) in [7, 11) is -2.10. The van der Waals surface area contributed by atoms with Gasteiger partial charge in [0.2, 0.25) is 10.0 Å². The van der Waals surface area contributed by atoms with Crippen molar-refractivity contribution in [2.24, 2.45) is 0 Å². The SMILES string of the molecule is COC(CNS(=O)(=O)c1ccc2c(c1)OCCCO2)c1ccc(C)s1. The lowest BCUT2D eigenvalue weighted by molar-refractivity contribution is 0.110. The topological polar surface area (TPSA) is 73.9 Å². The molecule has 1 aromatic carbocycles. The highest BCUT2D eigenvalue weighted by atomic mass is 32.2. The summed E-state index contributed by atoms with van der Waals surface area (Å²) in [6.45, 7) is 3.23. The molecule has 0 spiro atoms. The Balaban J connectivity index is 1.74. The average Bonchev–Trinajstić information content (AvgIpc) is 2.88. The first-order valence-corrected chi connectivity index (χ1v) is 10.3. The van der Waals surface area contributed by atoms with Crippen LogP contribution in [0.15, 0.2) is 35.2 Å². The van der Waals surface area contributed by atoms with Crippen LogP contribution in [0, 0.1) is 6.92 Å². The number of aryl methyl sites for hydroxylation is 1. The van der Waals surface area contributed by atoms with Crippen LogP contribution in [-0.4, -0.2) is 35.3 Å². The number of nitrogens with one attached hydrogen (secondary N) is 1. The predicted octanol–water partition coefficient (Wildman–Crippen LogP) is 2.88. The summed E-state index contributed by atoms with van der Waals surface area (Å²) in [6, 6.07) is 8.60. The van der Waals surface area contributed by atoms with Crippen LogP contribution in [0.5, 0.6) is 11.5 Å². The molecule has 2 aromatic rings. The van der Waals surface area contributed by atoms with Crippen LogP contribution in [0.3, 0.4) is 0 Å². The van der Waals surface area contributed by atoms with Gasteiger partial charge in [-0.3, -0.25) is 0 Å². The minimum Gasteiger partial charge on any atom is -0.490 e. The van der Waals surface area contributed by atoms with Gasteiger partial charge in [0, 0.05) is 35.9 Å². The van der Waals surface area contributed by atoms with Crippen LogP contribution in [0.2, 0.25) is 0 Å². The zero-order valence-corrected chi connectivity index (χ0v) is 15.8. The zero-order valence-electron chi connectivity index (χ0n) is 14.2. The van der Waals surface area contributed by atoms with Crippen LogP contribution in [0.4, 0.5) is 0 Å². The molecule has 0 amide bonds. The standard InChI is InChI=1S/C17H21NO5S2/c1-12-4-7-17(24-12)16(21-2)11-18-25(19,20)13-5-6-14-15(10-13)23-9-3-8-22-14/h4-7,10,16,18H,3,8-9,11H2,1-2H3. The van der Waals surface area contributed by atoms with Crippen molar-refractivity contribution in [3.05, 3.63) is 40.1 Å². The molecule has 2 heterocycles. The molecule has 0 saturated heterocycles. The largest absolute Gasteiger partial charge is 0.490 e. The van der Waals surface area contributed by atoms with Crippen LogP contribution < -0.4 is 14.2 Å². The van der Waals surface area contributed by atoms with Gasteiger partial charge in [0.05, 0.1) is 18.1 Å². The van der Waals surface area contributed by atoms with Gasteiger partial charge in [-0.15, -0.1) is 11.3 Å². The molecular weight excluding hydrogens is 362 g/mol. The highest BCUT2D eigenvalue weighted by molar-refractivity contribution is 7.89. The maximum atomic E-state index is 12.6. The fraction of sp³-hybridized carbons (Fsp3) is 0.412. The van der Waals surface area contributed by atoms with Crippen LogP contribution >= 0.6 is 11.3 Å². The molecular formula is C17H21NO5S2. The summed E-state index contributed by atoms with van der Waals surface area (Å²) in [5, 5.41) is 0. The number of benzene rings is 1. The molecule has 0 aliphatic carbocycles. The maximum Gasteiger partial charge on any atom is 0.240 e. The van der Waals surface area contributed by atoms with Crippen LogP contribution in [-0.2, 0) is 14.8 Å². The molecule has 6 nitrogen and oxygen atoms in total. The van der Waals surface area contributed by atoms with Crippen molar-refractivity contribution >= 4 is 21.4 Å². The third-order valence-electron chi connectivity index (χ3n) is 3.85. The molecule has 136 valence electrons. The van der Waals surface area contributed by atoms with Crippen molar-refractivity contribution in [3.8, 4) is 11.5 Å². The van der Waals surface area contributed by atoms with E-state index in [4.69, 9.17) is 14.2 Å². The second kappa shape index (κ2) is 7.74. The number of sulfonamides is 1. The summed E-state index contributed by atoms with van der Waals surface area (Å²) in [6.07, 6.45) is 0.444. The second-order valence-electron chi connectivity index (χ2n) is 5.68. The van der Waals surface area contributed by atoms with E-state index in [0.29, 0.717) is 24.7 Å². The second-order valence-corrected chi connectivity index (χ2v) is 8.77. The number of ether oxygens (including phenoxy) is 3. The Morgan fingerprint density at radius 3 is 2.64 bits per heavy atom. The highest BCUT2D eigenvalue weighted by Gasteiger charge is 2.21. The zero-order chi connectivity index (χ0) is 17.9. The summed E-state index contributed by atoms with van der Waals surface area (Å²) in [4.78, 5) is 2.29. The number of methoxy groups -OCH3 is 1. The Bertz CT molecular complexity index is 831. The van der Waals surface area contributed by atoms with Gasteiger partial charge in [-0.2, -0.15) is 0 Å². The summed E-state index contributed by atoms with van der Waals surface area (Å²) in [5.74, 6) is 1.03. The van der Waals surface area contributed by atoms with Crippen molar-refractivity contribution in [3.63, 3.8) is 0 Å². The minimum atomic E-state index is -3.67. The highest BCUT2D eigenvalue weighted by Crippen LogP contribution is 2.32. The van der Waals surface area contributed by atoms with Crippen molar-refractivity contribution < 1.29 is 22.6 Å². The molecule has 0 saturated carbocycles. The van der Waals surface area contributed by atoms with Gasteiger partial charge in [0.15, 0.2) is 11.5 Å². The monoisotopic (exact) mass is 383 g/mol. The fourth-order valence-corrected chi connectivity index (χ4v) is 4.51. The van der Waals surface area contributed by atoms with Gasteiger partial charge < -0.3 is 14.2 Å². The fourth-order valence-electron chi connectivity index (χ4n) is 2.51. The molecule has 0 bridgehead atoms. The molecule has 1 unspecified atom stereocenters. The van der Waals surface area contributed by atoms with E-state index in [-0.39, 0.29) is 17.5 Å². The van der Waals surface area contributed by atoms with E-state index in [1.807, 2.05) is 19.1 Å². The summed E-state index contributed by atoms with van der Waals surface area (Å²) < 4.78 is 44.3. The molecule has 1 N–H and O–H groups in total. The summed E-state index contributed by atoms with van der Waals surface area (Å²) >= 11 is 1.59. The Morgan fingerprint density at radius 2 is 1.96 bits per heavy atom. The van der Waals surface area contributed by atoms with E-state index in [9.17, 15) is 8.42 Å². The van der Waals surface area contributed by atoms with Crippen LogP contribution in [0.25, 0.3) is 0 Å². The molecule has 0 fully saturated rings.